The van der Waals surface area contributed by atoms with Crippen LogP contribution in [-0.4, -0.2) is 42.4 Å². The maximum Gasteiger partial charge on any atom is 0.107 e. The molecular weight excluding hydrogens is 262 g/mol. The normalized spacial score (nSPS) is 18.4. The lowest BCUT2D eigenvalue weighted by Crippen LogP contribution is -2.39. The summed E-state index contributed by atoms with van der Waals surface area (Å²) in [5.41, 5.74) is 3.39. The lowest BCUT2D eigenvalue weighted by molar-refractivity contribution is 0.0115. The number of aliphatic hydroxyl groups excluding tert-OH is 1. The number of piperidine rings is 1. The molecule has 0 radical (unpaired) electrons. The van der Waals surface area contributed by atoms with E-state index in [0.29, 0.717) is 13.2 Å². The summed E-state index contributed by atoms with van der Waals surface area (Å²) < 4.78 is 5.58. The van der Waals surface area contributed by atoms with Gasteiger partial charge in [-0.05, 0) is 37.8 Å². The number of nitrogens with zero attached hydrogens (tertiary/aromatic N) is 1. The molecule has 3 heteroatoms. The van der Waals surface area contributed by atoms with E-state index in [9.17, 15) is 5.11 Å². The van der Waals surface area contributed by atoms with Crippen molar-refractivity contribution in [3.63, 3.8) is 0 Å². The van der Waals surface area contributed by atoms with Gasteiger partial charge in [-0.2, -0.15) is 0 Å². The molecule has 1 unspecified atom stereocenters. The van der Waals surface area contributed by atoms with Crippen LogP contribution in [0, 0.1) is 26.2 Å². The number of hydrogen-bond donors (Lipinski definition) is 1. The molecule has 3 nitrogen and oxygen atoms in total. The number of aryl methyl sites for hydroxylation is 2. The van der Waals surface area contributed by atoms with Gasteiger partial charge >= 0.3 is 0 Å². The van der Waals surface area contributed by atoms with Gasteiger partial charge in [-0.3, -0.25) is 0 Å². The molecular formula is C18H25NO2. The second-order valence-electron chi connectivity index (χ2n) is 5.89. The number of hydrogen-bond acceptors (Lipinski definition) is 3. The first kappa shape index (κ1) is 16.0. The molecule has 2 rings (SSSR count). The molecule has 1 aromatic carbocycles. The van der Waals surface area contributed by atoms with Crippen LogP contribution in [-0.2, 0) is 4.74 Å². The van der Waals surface area contributed by atoms with Gasteiger partial charge in [-0.15, -0.1) is 6.42 Å². The van der Waals surface area contributed by atoms with Gasteiger partial charge in [0.1, 0.15) is 6.61 Å². The van der Waals surface area contributed by atoms with Crippen molar-refractivity contribution in [1.29, 1.82) is 0 Å². The Morgan fingerprint density at radius 2 is 2.10 bits per heavy atom. The van der Waals surface area contributed by atoms with E-state index >= 15 is 0 Å². The molecule has 1 atom stereocenters. The van der Waals surface area contributed by atoms with Crippen LogP contribution in [0.1, 0.15) is 35.6 Å². The molecule has 0 spiro atoms. The monoisotopic (exact) mass is 287 g/mol. The SMILES string of the molecule is C#CCOC1CCN(CC(O)c2cc(C)ccc2C)CC1. The van der Waals surface area contributed by atoms with Gasteiger partial charge in [0.05, 0.1) is 12.2 Å². The van der Waals surface area contributed by atoms with E-state index in [1.54, 1.807) is 0 Å². The summed E-state index contributed by atoms with van der Waals surface area (Å²) in [5, 5.41) is 10.5. The van der Waals surface area contributed by atoms with E-state index < -0.39 is 6.10 Å². The molecule has 1 saturated heterocycles. The van der Waals surface area contributed by atoms with Crippen molar-refractivity contribution in [2.45, 2.75) is 38.9 Å². The lowest BCUT2D eigenvalue weighted by Gasteiger charge is -2.33. The van der Waals surface area contributed by atoms with E-state index in [1.165, 1.54) is 5.56 Å². The van der Waals surface area contributed by atoms with Crippen LogP contribution < -0.4 is 0 Å². The molecule has 0 amide bonds. The van der Waals surface area contributed by atoms with Gasteiger partial charge in [-0.1, -0.05) is 29.7 Å². The Bertz CT molecular complexity index is 498. The average Bonchev–Trinajstić information content (AvgIpc) is 2.49. The standard InChI is InChI=1S/C18H25NO2/c1-4-11-21-16-7-9-19(10-8-16)13-18(20)17-12-14(2)5-6-15(17)3/h1,5-6,12,16,18,20H,7-11,13H2,2-3H3. The molecule has 21 heavy (non-hydrogen) atoms. The third kappa shape index (κ3) is 4.57. The minimum absolute atomic E-state index is 0.273. The molecule has 0 bridgehead atoms. The highest BCUT2D eigenvalue weighted by atomic mass is 16.5. The first-order valence-electron chi connectivity index (χ1n) is 7.62. The van der Waals surface area contributed by atoms with Crippen LogP contribution in [0.4, 0.5) is 0 Å². The smallest absolute Gasteiger partial charge is 0.107 e. The number of likely N-dealkylation sites (tertiary alicyclic amines) is 1. The Morgan fingerprint density at radius 1 is 1.38 bits per heavy atom. The molecule has 1 N–H and O–H groups in total. The molecule has 1 heterocycles. The Morgan fingerprint density at radius 3 is 2.76 bits per heavy atom. The average molecular weight is 287 g/mol. The van der Waals surface area contributed by atoms with Gasteiger partial charge in [0.2, 0.25) is 0 Å². The van der Waals surface area contributed by atoms with E-state index in [4.69, 9.17) is 11.2 Å². The van der Waals surface area contributed by atoms with Crippen molar-refractivity contribution in [3.8, 4) is 12.3 Å². The highest BCUT2D eigenvalue weighted by Gasteiger charge is 2.22. The zero-order valence-electron chi connectivity index (χ0n) is 13.0. The Hall–Kier alpha value is -1.34. The van der Waals surface area contributed by atoms with Crippen LogP contribution in [0.2, 0.25) is 0 Å². The fourth-order valence-corrected chi connectivity index (χ4v) is 2.89. The number of ether oxygens (including phenoxy) is 1. The Labute approximate surface area is 127 Å². The van der Waals surface area contributed by atoms with E-state index in [1.807, 2.05) is 0 Å². The third-order valence-electron chi connectivity index (χ3n) is 4.16. The predicted octanol–water partition coefficient (Wildman–Crippen LogP) is 2.45. The summed E-state index contributed by atoms with van der Waals surface area (Å²) in [6, 6.07) is 6.25. The predicted molar refractivity (Wildman–Crippen MR) is 85.1 cm³/mol. The number of benzene rings is 1. The highest BCUT2D eigenvalue weighted by molar-refractivity contribution is 5.32. The van der Waals surface area contributed by atoms with Crippen molar-refractivity contribution in [3.05, 3.63) is 34.9 Å². The highest BCUT2D eigenvalue weighted by Crippen LogP contribution is 2.22. The van der Waals surface area contributed by atoms with Crippen LogP contribution in [0.25, 0.3) is 0 Å². The number of terminal acetylenes is 1. The van der Waals surface area contributed by atoms with Gasteiger partial charge in [0.15, 0.2) is 0 Å². The second-order valence-corrected chi connectivity index (χ2v) is 5.89. The van der Waals surface area contributed by atoms with Crippen molar-refractivity contribution in [2.24, 2.45) is 0 Å². The largest absolute Gasteiger partial charge is 0.387 e. The van der Waals surface area contributed by atoms with Crippen molar-refractivity contribution in [1.82, 2.24) is 4.90 Å². The third-order valence-corrected chi connectivity index (χ3v) is 4.16. The van der Waals surface area contributed by atoms with Crippen molar-refractivity contribution < 1.29 is 9.84 Å². The van der Waals surface area contributed by atoms with Crippen LogP contribution in [0.5, 0.6) is 0 Å². The Kier molecular flexibility index (Phi) is 5.81. The molecule has 0 aromatic heterocycles. The molecule has 114 valence electrons. The fraction of sp³-hybridized carbons (Fsp3) is 0.556. The molecule has 1 aliphatic heterocycles. The van der Waals surface area contributed by atoms with E-state index in [0.717, 1.165) is 37.1 Å². The summed E-state index contributed by atoms with van der Waals surface area (Å²) in [6.07, 6.45) is 7.04. The van der Waals surface area contributed by atoms with E-state index in [2.05, 4.69) is 42.9 Å². The van der Waals surface area contributed by atoms with Gasteiger partial charge in [0, 0.05) is 19.6 Å². The Balaban J connectivity index is 1.85. The summed E-state index contributed by atoms with van der Waals surface area (Å²) in [6.45, 7) is 7.11. The second kappa shape index (κ2) is 7.61. The number of aliphatic hydroxyl groups is 1. The fourth-order valence-electron chi connectivity index (χ4n) is 2.89. The molecule has 1 fully saturated rings. The van der Waals surface area contributed by atoms with Gasteiger partial charge in [0.25, 0.3) is 0 Å². The lowest BCUT2D eigenvalue weighted by atomic mass is 9.99. The first-order valence-corrected chi connectivity index (χ1v) is 7.62. The van der Waals surface area contributed by atoms with Crippen LogP contribution in [0.3, 0.4) is 0 Å². The summed E-state index contributed by atoms with van der Waals surface area (Å²) >= 11 is 0. The molecule has 1 aliphatic rings. The molecule has 0 aliphatic carbocycles. The van der Waals surface area contributed by atoms with Crippen LogP contribution in [0.15, 0.2) is 18.2 Å². The summed E-state index contributed by atoms with van der Waals surface area (Å²) in [7, 11) is 0. The summed E-state index contributed by atoms with van der Waals surface area (Å²) in [4.78, 5) is 2.31. The van der Waals surface area contributed by atoms with E-state index in [-0.39, 0.29) is 6.10 Å². The van der Waals surface area contributed by atoms with Crippen molar-refractivity contribution in [2.75, 3.05) is 26.2 Å². The number of rotatable bonds is 5. The maximum atomic E-state index is 10.5. The van der Waals surface area contributed by atoms with Crippen molar-refractivity contribution >= 4 is 0 Å². The molecule has 0 saturated carbocycles. The topological polar surface area (TPSA) is 32.7 Å². The summed E-state index contributed by atoms with van der Waals surface area (Å²) in [5.74, 6) is 2.52. The van der Waals surface area contributed by atoms with Gasteiger partial charge < -0.3 is 14.7 Å². The van der Waals surface area contributed by atoms with Crippen LogP contribution >= 0.6 is 0 Å². The quantitative estimate of drug-likeness (QED) is 0.844. The number of β-amino-alcohol motifs (C(OH)–C–C–N with tert-alkyl or cyclic N) is 1. The van der Waals surface area contributed by atoms with Gasteiger partial charge in [-0.25, -0.2) is 0 Å². The maximum absolute atomic E-state index is 10.5. The minimum Gasteiger partial charge on any atom is -0.387 e. The zero-order valence-corrected chi connectivity index (χ0v) is 13.0. The minimum atomic E-state index is -0.423. The first-order chi connectivity index (χ1) is 10.1. The zero-order chi connectivity index (χ0) is 15.2. The molecule has 1 aromatic rings.